The largest absolute Gasteiger partial charge is 0.336 e. The van der Waals surface area contributed by atoms with Gasteiger partial charge in [0, 0.05) is 31.3 Å². The van der Waals surface area contributed by atoms with Crippen molar-refractivity contribution in [3.63, 3.8) is 0 Å². The average Bonchev–Trinajstić information content (AvgIpc) is 3.18. The molecule has 2 aromatic rings. The van der Waals surface area contributed by atoms with Crippen molar-refractivity contribution in [1.82, 2.24) is 19.9 Å². The van der Waals surface area contributed by atoms with Crippen molar-refractivity contribution < 1.29 is 9.59 Å². The summed E-state index contributed by atoms with van der Waals surface area (Å²) in [4.78, 5) is 26.9. The minimum Gasteiger partial charge on any atom is -0.336 e. The van der Waals surface area contributed by atoms with Gasteiger partial charge in [0.15, 0.2) is 0 Å². The maximum atomic E-state index is 12.5. The number of aromatic nitrogens is 3. The van der Waals surface area contributed by atoms with Crippen LogP contribution in [0.5, 0.6) is 0 Å². The first-order valence-corrected chi connectivity index (χ1v) is 7.16. The topological polar surface area (TPSA) is 80.1 Å². The zero-order valence-electron chi connectivity index (χ0n) is 12.3. The van der Waals surface area contributed by atoms with E-state index in [9.17, 15) is 9.59 Å². The molecule has 1 fully saturated rings. The van der Waals surface area contributed by atoms with Crippen LogP contribution in [-0.4, -0.2) is 44.8 Å². The van der Waals surface area contributed by atoms with E-state index >= 15 is 0 Å². The zero-order valence-corrected chi connectivity index (χ0v) is 12.3. The maximum Gasteiger partial charge on any atom is 0.253 e. The molecule has 0 radical (unpaired) electrons. The number of anilines is 1. The molecule has 22 heavy (non-hydrogen) atoms. The van der Waals surface area contributed by atoms with Crippen molar-refractivity contribution in [3.05, 3.63) is 42.2 Å². The number of amides is 2. The Morgan fingerprint density at radius 3 is 2.50 bits per heavy atom. The summed E-state index contributed by atoms with van der Waals surface area (Å²) in [5.74, 6) is -0.141. The number of nitrogens with one attached hydrogen (secondary N) is 1. The molecule has 114 valence electrons. The molecule has 0 bridgehead atoms. The Kier molecular flexibility index (Phi) is 3.86. The Morgan fingerprint density at radius 1 is 1.18 bits per heavy atom. The second-order valence-electron chi connectivity index (χ2n) is 5.30. The van der Waals surface area contributed by atoms with E-state index in [1.54, 1.807) is 46.4 Å². The number of carbonyl (C=O) groups is 2. The van der Waals surface area contributed by atoms with Crippen LogP contribution in [-0.2, 0) is 4.79 Å². The van der Waals surface area contributed by atoms with Crippen LogP contribution in [0.3, 0.4) is 0 Å². The third-order valence-electron chi connectivity index (χ3n) is 3.67. The van der Waals surface area contributed by atoms with Crippen LogP contribution in [0.2, 0.25) is 0 Å². The smallest absolute Gasteiger partial charge is 0.253 e. The van der Waals surface area contributed by atoms with Crippen LogP contribution in [0, 0.1) is 0 Å². The van der Waals surface area contributed by atoms with E-state index in [2.05, 4.69) is 15.5 Å². The molecule has 1 aliphatic heterocycles. The van der Waals surface area contributed by atoms with Crippen molar-refractivity contribution in [3.8, 4) is 0 Å². The molecule has 1 aromatic heterocycles. The first-order valence-electron chi connectivity index (χ1n) is 7.16. The highest BCUT2D eigenvalue weighted by Crippen LogP contribution is 2.22. The SMILES string of the molecule is CC(=O)Nc1ccc(C(=O)N2CCC(n3nccn3)C2)cc1. The highest BCUT2D eigenvalue weighted by atomic mass is 16.2. The van der Waals surface area contributed by atoms with Crippen LogP contribution in [0.15, 0.2) is 36.7 Å². The molecule has 7 nitrogen and oxygen atoms in total. The Balaban J connectivity index is 1.65. The van der Waals surface area contributed by atoms with Crippen LogP contribution >= 0.6 is 0 Å². The Bertz CT molecular complexity index is 666. The van der Waals surface area contributed by atoms with Gasteiger partial charge in [-0.3, -0.25) is 9.59 Å². The van der Waals surface area contributed by atoms with E-state index in [0.717, 1.165) is 6.42 Å². The summed E-state index contributed by atoms with van der Waals surface area (Å²) >= 11 is 0. The zero-order chi connectivity index (χ0) is 15.5. The molecular weight excluding hydrogens is 282 g/mol. The van der Waals surface area contributed by atoms with Gasteiger partial charge in [0.1, 0.15) is 0 Å². The minimum atomic E-state index is -0.131. The molecule has 1 N–H and O–H groups in total. The fourth-order valence-electron chi connectivity index (χ4n) is 2.61. The number of benzene rings is 1. The van der Waals surface area contributed by atoms with Gasteiger partial charge in [-0.05, 0) is 30.7 Å². The van der Waals surface area contributed by atoms with Gasteiger partial charge in [-0.2, -0.15) is 15.0 Å². The van der Waals surface area contributed by atoms with Gasteiger partial charge >= 0.3 is 0 Å². The van der Waals surface area contributed by atoms with E-state index in [-0.39, 0.29) is 17.9 Å². The van der Waals surface area contributed by atoms with Crippen molar-refractivity contribution in [2.24, 2.45) is 0 Å². The third-order valence-corrected chi connectivity index (χ3v) is 3.67. The van der Waals surface area contributed by atoms with Crippen molar-refractivity contribution in [2.45, 2.75) is 19.4 Å². The van der Waals surface area contributed by atoms with Crippen LogP contribution in [0.25, 0.3) is 0 Å². The summed E-state index contributed by atoms with van der Waals surface area (Å²) in [6.07, 6.45) is 4.14. The quantitative estimate of drug-likeness (QED) is 0.927. The highest BCUT2D eigenvalue weighted by molar-refractivity contribution is 5.95. The number of hydrogen-bond donors (Lipinski definition) is 1. The van der Waals surface area contributed by atoms with Gasteiger partial charge in [0.2, 0.25) is 5.91 Å². The van der Waals surface area contributed by atoms with E-state index < -0.39 is 0 Å². The van der Waals surface area contributed by atoms with E-state index in [4.69, 9.17) is 0 Å². The Labute approximate surface area is 127 Å². The summed E-state index contributed by atoms with van der Waals surface area (Å²) in [6, 6.07) is 7.06. The second-order valence-corrected chi connectivity index (χ2v) is 5.30. The number of rotatable bonds is 3. The number of hydrogen-bond acceptors (Lipinski definition) is 4. The lowest BCUT2D eigenvalue weighted by Crippen LogP contribution is -2.29. The van der Waals surface area contributed by atoms with Gasteiger partial charge in [-0.25, -0.2) is 0 Å². The minimum absolute atomic E-state index is 0.0102. The Morgan fingerprint density at radius 2 is 1.86 bits per heavy atom. The normalized spacial score (nSPS) is 17.5. The number of carbonyl (C=O) groups excluding carboxylic acids is 2. The summed E-state index contributed by atoms with van der Waals surface area (Å²) in [5.41, 5.74) is 1.30. The van der Waals surface area contributed by atoms with E-state index in [0.29, 0.717) is 24.3 Å². The van der Waals surface area contributed by atoms with Crippen molar-refractivity contribution in [1.29, 1.82) is 0 Å². The van der Waals surface area contributed by atoms with Crippen LogP contribution in [0.4, 0.5) is 5.69 Å². The molecule has 0 saturated carbocycles. The Hall–Kier alpha value is -2.70. The molecule has 1 aromatic carbocycles. The van der Waals surface area contributed by atoms with Gasteiger partial charge in [-0.15, -0.1) is 0 Å². The molecular formula is C15H17N5O2. The molecule has 3 rings (SSSR count). The van der Waals surface area contributed by atoms with Crippen LogP contribution in [0.1, 0.15) is 29.7 Å². The number of nitrogens with zero attached hydrogens (tertiary/aromatic N) is 4. The van der Waals surface area contributed by atoms with Gasteiger partial charge < -0.3 is 10.2 Å². The van der Waals surface area contributed by atoms with Gasteiger partial charge in [0.05, 0.1) is 18.4 Å². The molecule has 2 amide bonds. The molecule has 1 unspecified atom stereocenters. The second kappa shape index (κ2) is 5.97. The first kappa shape index (κ1) is 14.2. The van der Waals surface area contributed by atoms with Crippen molar-refractivity contribution >= 4 is 17.5 Å². The fourth-order valence-corrected chi connectivity index (χ4v) is 2.61. The van der Waals surface area contributed by atoms with E-state index in [1.807, 2.05) is 0 Å². The monoisotopic (exact) mass is 299 g/mol. The molecule has 1 atom stereocenters. The predicted molar refractivity (Wildman–Crippen MR) is 80.3 cm³/mol. The third kappa shape index (κ3) is 2.98. The molecule has 7 heteroatoms. The first-order chi connectivity index (χ1) is 10.6. The summed E-state index contributed by atoms with van der Waals surface area (Å²) in [5, 5.41) is 10.9. The molecule has 0 spiro atoms. The summed E-state index contributed by atoms with van der Waals surface area (Å²) in [7, 11) is 0. The molecule has 1 aliphatic rings. The summed E-state index contributed by atoms with van der Waals surface area (Å²) in [6.45, 7) is 2.76. The molecule has 1 saturated heterocycles. The molecule has 2 heterocycles. The summed E-state index contributed by atoms with van der Waals surface area (Å²) < 4.78 is 0. The number of likely N-dealkylation sites (tertiary alicyclic amines) is 1. The lowest BCUT2D eigenvalue weighted by molar-refractivity contribution is -0.114. The molecule has 0 aliphatic carbocycles. The maximum absolute atomic E-state index is 12.5. The lowest BCUT2D eigenvalue weighted by atomic mass is 10.2. The fraction of sp³-hybridized carbons (Fsp3) is 0.333. The predicted octanol–water partition coefficient (Wildman–Crippen LogP) is 1.32. The van der Waals surface area contributed by atoms with Gasteiger partial charge in [-0.1, -0.05) is 0 Å². The van der Waals surface area contributed by atoms with Crippen LogP contribution < -0.4 is 5.32 Å². The standard InChI is InChI=1S/C15H17N5O2/c1-11(21)18-13-4-2-12(3-5-13)15(22)19-9-6-14(10-19)20-16-7-8-17-20/h2-5,7-8,14H,6,9-10H2,1H3,(H,18,21). The highest BCUT2D eigenvalue weighted by Gasteiger charge is 2.28. The lowest BCUT2D eigenvalue weighted by Gasteiger charge is -2.16. The van der Waals surface area contributed by atoms with Crippen molar-refractivity contribution in [2.75, 3.05) is 18.4 Å². The average molecular weight is 299 g/mol. The van der Waals surface area contributed by atoms with E-state index in [1.165, 1.54) is 6.92 Å². The van der Waals surface area contributed by atoms with Gasteiger partial charge in [0.25, 0.3) is 5.91 Å².